The van der Waals surface area contributed by atoms with Gasteiger partial charge in [-0.3, -0.25) is 4.79 Å². The second-order valence-electron chi connectivity index (χ2n) is 21.9. The van der Waals surface area contributed by atoms with Crippen LogP contribution in [0.15, 0.2) is 36.5 Å². The quantitative estimate of drug-likeness (QED) is 0.0261. The van der Waals surface area contributed by atoms with E-state index in [1.807, 2.05) is 0 Å². The molecule has 0 aromatic rings. The Balaban J connectivity index is 1.95. The lowest BCUT2D eigenvalue weighted by molar-refractivity contribution is -0.302. The Morgan fingerprint density at radius 2 is 0.819 bits per heavy atom. The van der Waals surface area contributed by atoms with E-state index in [-0.39, 0.29) is 12.5 Å². The highest BCUT2D eigenvalue weighted by Crippen LogP contribution is 2.23. The number of aliphatic hydroxyl groups excluding tert-OH is 5. The molecule has 9 heteroatoms. The minimum atomic E-state index is -1.55. The highest BCUT2D eigenvalue weighted by atomic mass is 16.7. The molecule has 72 heavy (non-hydrogen) atoms. The maximum Gasteiger partial charge on any atom is 0.220 e. The second-order valence-corrected chi connectivity index (χ2v) is 21.9. The van der Waals surface area contributed by atoms with Crippen molar-refractivity contribution in [2.24, 2.45) is 0 Å². The first-order chi connectivity index (χ1) is 35.3. The van der Waals surface area contributed by atoms with E-state index in [0.29, 0.717) is 12.8 Å². The van der Waals surface area contributed by atoms with E-state index in [4.69, 9.17) is 9.47 Å². The van der Waals surface area contributed by atoms with E-state index < -0.39 is 49.5 Å². The van der Waals surface area contributed by atoms with Gasteiger partial charge in [0.05, 0.1) is 25.4 Å². The number of hydrogen-bond donors (Lipinski definition) is 6. The first kappa shape index (κ1) is 68.4. The predicted molar refractivity (Wildman–Crippen MR) is 304 cm³/mol. The fourth-order valence-corrected chi connectivity index (χ4v) is 10.1. The largest absolute Gasteiger partial charge is 0.394 e. The van der Waals surface area contributed by atoms with Crippen molar-refractivity contribution in [1.82, 2.24) is 5.32 Å². The van der Waals surface area contributed by atoms with Gasteiger partial charge in [-0.1, -0.05) is 281 Å². The average molecular weight is 1020 g/mol. The fraction of sp³-hybridized carbons (Fsp3) is 0.889. The minimum absolute atomic E-state index is 0.135. The lowest BCUT2D eigenvalue weighted by Gasteiger charge is -2.40. The molecule has 0 radical (unpaired) electrons. The summed E-state index contributed by atoms with van der Waals surface area (Å²) in [6, 6.07) is -0.714. The Hall–Kier alpha value is -1.59. The Kier molecular flexibility index (Phi) is 50.2. The summed E-state index contributed by atoms with van der Waals surface area (Å²) in [5.41, 5.74) is 0. The summed E-state index contributed by atoms with van der Waals surface area (Å²) < 4.78 is 11.3. The van der Waals surface area contributed by atoms with Gasteiger partial charge in [-0.15, -0.1) is 0 Å². The molecule has 1 fully saturated rings. The maximum atomic E-state index is 13.0. The van der Waals surface area contributed by atoms with Crippen LogP contribution in [0, 0.1) is 0 Å². The van der Waals surface area contributed by atoms with Crippen LogP contribution in [0.25, 0.3) is 0 Å². The molecule has 9 nitrogen and oxygen atoms in total. The van der Waals surface area contributed by atoms with Crippen LogP contribution < -0.4 is 5.32 Å². The summed E-state index contributed by atoms with van der Waals surface area (Å²) in [7, 11) is 0. The molecule has 1 amide bonds. The van der Waals surface area contributed by atoms with Crippen molar-refractivity contribution in [2.75, 3.05) is 13.2 Å². The van der Waals surface area contributed by atoms with Crippen molar-refractivity contribution in [3.8, 4) is 0 Å². The lowest BCUT2D eigenvalue weighted by Crippen LogP contribution is -2.60. The first-order valence-electron chi connectivity index (χ1n) is 31.2. The third kappa shape index (κ3) is 41.6. The van der Waals surface area contributed by atoms with Gasteiger partial charge >= 0.3 is 0 Å². The topological polar surface area (TPSA) is 149 Å². The third-order valence-electron chi connectivity index (χ3n) is 15.0. The van der Waals surface area contributed by atoms with Crippen molar-refractivity contribution >= 4 is 5.91 Å². The predicted octanol–water partition coefficient (Wildman–Crippen LogP) is 15.9. The molecule has 1 aliphatic heterocycles. The van der Waals surface area contributed by atoms with Gasteiger partial charge in [-0.2, -0.15) is 0 Å². The van der Waals surface area contributed by atoms with Crippen LogP contribution in [0.2, 0.25) is 0 Å². The van der Waals surface area contributed by atoms with Gasteiger partial charge < -0.3 is 40.3 Å². The zero-order chi connectivity index (χ0) is 52.2. The molecular weight excluding hydrogens is 899 g/mol. The third-order valence-corrected chi connectivity index (χ3v) is 15.0. The number of rotatable bonds is 54. The lowest BCUT2D eigenvalue weighted by atomic mass is 9.99. The summed E-state index contributed by atoms with van der Waals surface area (Å²) in [4.78, 5) is 13.0. The highest BCUT2D eigenvalue weighted by molar-refractivity contribution is 5.76. The van der Waals surface area contributed by atoms with Crippen molar-refractivity contribution in [3.05, 3.63) is 36.5 Å². The Bertz CT molecular complexity index is 1230. The van der Waals surface area contributed by atoms with Gasteiger partial charge in [0.1, 0.15) is 24.4 Å². The van der Waals surface area contributed by atoms with Gasteiger partial charge in [0.2, 0.25) is 5.91 Å². The van der Waals surface area contributed by atoms with Gasteiger partial charge in [-0.05, 0) is 51.4 Å². The molecule has 0 aromatic heterocycles. The van der Waals surface area contributed by atoms with E-state index in [1.165, 1.54) is 225 Å². The highest BCUT2D eigenvalue weighted by Gasteiger charge is 2.44. The number of carbonyl (C=O) groups is 1. The number of unbranched alkanes of at least 4 members (excludes halogenated alkanes) is 38. The van der Waals surface area contributed by atoms with Crippen LogP contribution in [-0.2, 0) is 14.3 Å². The number of hydrogen-bond acceptors (Lipinski definition) is 8. The van der Waals surface area contributed by atoms with Gasteiger partial charge in [-0.25, -0.2) is 0 Å². The second kappa shape index (κ2) is 52.8. The fourth-order valence-electron chi connectivity index (χ4n) is 10.1. The zero-order valence-electron chi connectivity index (χ0n) is 47.2. The maximum absolute atomic E-state index is 13.0. The van der Waals surface area contributed by atoms with Crippen molar-refractivity contribution in [1.29, 1.82) is 0 Å². The molecule has 0 saturated carbocycles. The molecule has 0 spiro atoms. The summed E-state index contributed by atoms with van der Waals surface area (Å²) in [6.45, 7) is 3.80. The van der Waals surface area contributed by atoms with Crippen molar-refractivity contribution < 1.29 is 39.8 Å². The van der Waals surface area contributed by atoms with Crippen molar-refractivity contribution in [3.63, 3.8) is 0 Å². The molecule has 0 aromatic carbocycles. The summed E-state index contributed by atoms with van der Waals surface area (Å²) in [6.07, 6.45) is 62.5. The first-order valence-corrected chi connectivity index (χ1v) is 31.2. The van der Waals surface area contributed by atoms with Gasteiger partial charge in [0.25, 0.3) is 0 Å². The number of allylic oxidation sites excluding steroid dienone is 6. The summed E-state index contributed by atoms with van der Waals surface area (Å²) in [5, 5.41) is 54.3. The van der Waals surface area contributed by atoms with Crippen LogP contribution >= 0.6 is 0 Å². The Morgan fingerprint density at radius 1 is 0.472 bits per heavy atom. The zero-order valence-corrected chi connectivity index (χ0v) is 47.2. The smallest absolute Gasteiger partial charge is 0.220 e. The molecule has 6 N–H and O–H groups in total. The summed E-state index contributed by atoms with van der Waals surface area (Å²) in [5.74, 6) is -0.142. The van der Waals surface area contributed by atoms with Gasteiger partial charge in [0.15, 0.2) is 6.29 Å². The summed E-state index contributed by atoms with van der Waals surface area (Å²) >= 11 is 0. The number of carbonyl (C=O) groups excluding carboxylic acids is 1. The SMILES string of the molecule is CCCCCCC/C=C\C/C=C\C/C=C\CCCCCCCCCCCCCCCCCCCCCCCCCCCCC(=O)NC(COC1OC(CO)C(O)C(O)C1O)C(O)CCCCCCCCCC. The van der Waals surface area contributed by atoms with E-state index >= 15 is 0 Å². The van der Waals surface area contributed by atoms with Crippen LogP contribution in [-0.4, -0.2) is 87.5 Å². The molecular formula is C63H119NO8. The van der Waals surface area contributed by atoms with Crippen LogP contribution in [0.4, 0.5) is 0 Å². The number of aliphatic hydroxyl groups is 5. The molecule has 7 atom stereocenters. The van der Waals surface area contributed by atoms with E-state index in [2.05, 4.69) is 55.6 Å². The monoisotopic (exact) mass is 1020 g/mol. The molecule has 1 heterocycles. The molecule has 0 bridgehead atoms. The molecule has 1 saturated heterocycles. The number of ether oxygens (including phenoxy) is 2. The molecule has 1 aliphatic rings. The minimum Gasteiger partial charge on any atom is -0.394 e. The van der Waals surface area contributed by atoms with E-state index in [9.17, 15) is 30.3 Å². The van der Waals surface area contributed by atoms with Crippen LogP contribution in [0.1, 0.15) is 303 Å². The standard InChI is InChI=1S/C63H119NO8/c1-3-5-7-9-11-13-14-15-16-17-18-19-20-21-22-23-24-25-26-27-28-29-30-31-32-33-34-35-36-37-38-39-40-41-42-43-44-45-47-49-51-53-59(67)64-56(57(66)52-50-48-46-12-10-8-6-4-2)55-71-63-62(70)61(69)60(68)58(54-65)72-63/h14-15,17-18,20-21,56-58,60-63,65-66,68-70H,3-13,16,19,22-55H2,1-2H3,(H,64,67)/b15-14-,18-17-,21-20-. The van der Waals surface area contributed by atoms with Crippen LogP contribution in [0.5, 0.6) is 0 Å². The van der Waals surface area contributed by atoms with E-state index in [0.717, 1.165) is 51.4 Å². The number of nitrogens with one attached hydrogen (secondary N) is 1. The number of amides is 1. The normalized spacial score (nSPS) is 19.3. The Labute approximate surface area is 444 Å². The van der Waals surface area contributed by atoms with E-state index in [1.54, 1.807) is 0 Å². The molecule has 424 valence electrons. The molecule has 1 rings (SSSR count). The average Bonchev–Trinajstić information content (AvgIpc) is 3.38. The molecule has 0 aliphatic carbocycles. The van der Waals surface area contributed by atoms with Crippen LogP contribution in [0.3, 0.4) is 0 Å². The molecule has 7 unspecified atom stereocenters. The van der Waals surface area contributed by atoms with Crippen molar-refractivity contribution in [2.45, 2.75) is 346 Å². The van der Waals surface area contributed by atoms with Gasteiger partial charge in [0, 0.05) is 6.42 Å². The Morgan fingerprint density at radius 3 is 1.21 bits per heavy atom.